The number of ether oxygens (including phenoxy) is 5. The molecule has 0 spiro atoms. The Morgan fingerprint density at radius 2 is 1.46 bits per heavy atom. The Hall–Kier alpha value is -4.16. The normalized spacial score (nSPS) is 16.5. The molecule has 0 radical (unpaired) electrons. The second-order valence-electron chi connectivity index (χ2n) is 14.1. The van der Waals surface area contributed by atoms with Crippen molar-refractivity contribution < 1.29 is 52.5 Å². The third-order valence-electron chi connectivity index (χ3n) is 9.41. The Labute approximate surface area is 330 Å². The zero-order valence-electron chi connectivity index (χ0n) is 33.5. The molecule has 2 unspecified atom stereocenters. The summed E-state index contributed by atoms with van der Waals surface area (Å²) in [6.45, 7) is 9.15. The molecular weight excluding hydrogens is 728 g/mol. The molecule has 56 heavy (non-hydrogen) atoms. The number of urea groups is 1. The molecule has 1 fully saturated rings. The van der Waals surface area contributed by atoms with Gasteiger partial charge in [-0.2, -0.15) is 0 Å². The SMILES string of the molecule is COC(=O)C1CCN(C(=O)CCOCCOCCOCCOCCC(=O)N[C@H](C(=O)C[C@@H](CCCNC(N)=O)C(=O)Nc2ccc(CN)cc2)C(C)C)C(C)C1. The molecule has 1 saturated heterocycles. The van der Waals surface area contributed by atoms with E-state index in [0.717, 1.165) is 5.56 Å². The van der Waals surface area contributed by atoms with Crippen LogP contribution in [0.4, 0.5) is 10.5 Å². The van der Waals surface area contributed by atoms with Crippen LogP contribution in [0.25, 0.3) is 0 Å². The zero-order chi connectivity index (χ0) is 41.3. The van der Waals surface area contributed by atoms with E-state index in [0.29, 0.717) is 77.5 Å². The number of nitrogens with zero attached hydrogens (tertiary/aromatic N) is 1. The van der Waals surface area contributed by atoms with Crippen LogP contribution < -0.4 is 27.4 Å². The van der Waals surface area contributed by atoms with Gasteiger partial charge in [-0.05, 0) is 56.2 Å². The van der Waals surface area contributed by atoms with E-state index in [1.54, 1.807) is 29.2 Å². The van der Waals surface area contributed by atoms with E-state index in [4.69, 9.17) is 35.2 Å². The molecule has 0 aliphatic carbocycles. The largest absolute Gasteiger partial charge is 0.469 e. The highest BCUT2D eigenvalue weighted by atomic mass is 16.6. The summed E-state index contributed by atoms with van der Waals surface area (Å²) in [5.41, 5.74) is 12.3. The Balaban J connectivity index is 1.59. The Morgan fingerprint density at radius 3 is 2.00 bits per heavy atom. The number of nitrogens with one attached hydrogen (secondary N) is 3. The van der Waals surface area contributed by atoms with Crippen molar-refractivity contribution in [3.63, 3.8) is 0 Å². The van der Waals surface area contributed by atoms with Crippen LogP contribution in [-0.2, 0) is 54.2 Å². The van der Waals surface area contributed by atoms with E-state index in [-0.39, 0.29) is 93.0 Å². The summed E-state index contributed by atoms with van der Waals surface area (Å²) in [5.74, 6) is -2.26. The number of rotatable bonds is 28. The van der Waals surface area contributed by atoms with Crippen molar-refractivity contribution >= 4 is 41.2 Å². The first-order valence-corrected chi connectivity index (χ1v) is 19.5. The molecule has 1 heterocycles. The van der Waals surface area contributed by atoms with Gasteiger partial charge in [-0.25, -0.2) is 4.79 Å². The van der Waals surface area contributed by atoms with Crippen molar-refractivity contribution in [1.82, 2.24) is 15.5 Å². The maximum Gasteiger partial charge on any atom is 0.312 e. The topological polar surface area (TPSA) is 240 Å². The summed E-state index contributed by atoms with van der Waals surface area (Å²) >= 11 is 0. The smallest absolute Gasteiger partial charge is 0.312 e. The van der Waals surface area contributed by atoms with Crippen LogP contribution >= 0.6 is 0 Å². The van der Waals surface area contributed by atoms with E-state index in [1.165, 1.54) is 7.11 Å². The van der Waals surface area contributed by atoms with E-state index in [2.05, 4.69) is 16.0 Å². The summed E-state index contributed by atoms with van der Waals surface area (Å²) < 4.78 is 26.9. The molecule has 1 aromatic rings. The molecule has 0 bridgehead atoms. The molecule has 1 aromatic carbocycles. The van der Waals surface area contributed by atoms with Crippen LogP contribution in [0, 0.1) is 17.8 Å². The number of hydrogen-bond donors (Lipinski definition) is 5. The van der Waals surface area contributed by atoms with Gasteiger partial charge in [0, 0.05) is 50.1 Å². The van der Waals surface area contributed by atoms with Gasteiger partial charge in [0.25, 0.3) is 0 Å². The van der Waals surface area contributed by atoms with Gasteiger partial charge in [0.1, 0.15) is 0 Å². The number of esters is 1. The summed E-state index contributed by atoms with van der Waals surface area (Å²) in [7, 11) is 1.38. The van der Waals surface area contributed by atoms with Crippen molar-refractivity contribution in [2.75, 3.05) is 78.4 Å². The fourth-order valence-electron chi connectivity index (χ4n) is 6.24. The lowest BCUT2D eigenvalue weighted by atomic mass is 9.89. The molecule has 2 rings (SSSR count). The highest BCUT2D eigenvalue weighted by molar-refractivity contribution is 5.97. The number of amides is 5. The zero-order valence-corrected chi connectivity index (χ0v) is 33.5. The molecule has 7 N–H and O–H groups in total. The molecule has 1 aliphatic rings. The molecule has 17 heteroatoms. The molecular formula is C39H64N6O11. The number of Topliss-reactive ketones (excluding diaryl/α,β-unsaturated/α-hetero) is 1. The molecule has 5 amide bonds. The number of nitrogens with two attached hydrogens (primary N) is 2. The van der Waals surface area contributed by atoms with Crippen molar-refractivity contribution in [2.45, 2.75) is 84.3 Å². The summed E-state index contributed by atoms with van der Waals surface area (Å²) in [6, 6.07) is 5.60. The number of carbonyl (C=O) groups excluding carboxylic acids is 6. The first-order chi connectivity index (χ1) is 26.9. The third-order valence-corrected chi connectivity index (χ3v) is 9.41. The number of anilines is 1. The lowest BCUT2D eigenvalue weighted by molar-refractivity contribution is -0.150. The van der Waals surface area contributed by atoms with Crippen molar-refractivity contribution in [2.24, 2.45) is 29.2 Å². The van der Waals surface area contributed by atoms with Crippen LogP contribution in [0.1, 0.15) is 71.3 Å². The van der Waals surface area contributed by atoms with Crippen LogP contribution in [0.2, 0.25) is 0 Å². The lowest BCUT2D eigenvalue weighted by Gasteiger charge is -2.36. The van der Waals surface area contributed by atoms with Gasteiger partial charge in [-0.1, -0.05) is 26.0 Å². The molecule has 4 atom stereocenters. The Kier molecular flexibility index (Phi) is 23.5. The van der Waals surface area contributed by atoms with Crippen molar-refractivity contribution in [1.29, 1.82) is 0 Å². The highest BCUT2D eigenvalue weighted by Gasteiger charge is 2.33. The summed E-state index contributed by atoms with van der Waals surface area (Å²) in [4.78, 5) is 76.6. The average molecular weight is 793 g/mol. The third kappa shape index (κ3) is 19.1. The number of hydrogen-bond acceptors (Lipinski definition) is 12. The van der Waals surface area contributed by atoms with Crippen LogP contribution in [0.15, 0.2) is 24.3 Å². The molecule has 1 aliphatic heterocycles. The monoisotopic (exact) mass is 792 g/mol. The molecule has 0 saturated carbocycles. The first-order valence-electron chi connectivity index (χ1n) is 19.5. The highest BCUT2D eigenvalue weighted by Crippen LogP contribution is 2.24. The van der Waals surface area contributed by atoms with Crippen molar-refractivity contribution in [3.8, 4) is 0 Å². The number of ketones is 1. The number of likely N-dealkylation sites (tertiary alicyclic amines) is 1. The second kappa shape index (κ2) is 27.4. The predicted octanol–water partition coefficient (Wildman–Crippen LogP) is 1.90. The van der Waals surface area contributed by atoms with Crippen molar-refractivity contribution in [3.05, 3.63) is 29.8 Å². The van der Waals surface area contributed by atoms with Gasteiger partial charge >= 0.3 is 12.0 Å². The number of primary amides is 1. The number of benzene rings is 1. The first kappa shape index (κ1) is 48.0. The number of piperidine rings is 1. The minimum absolute atomic E-state index is 0.00612. The molecule has 0 aromatic heterocycles. The van der Waals surface area contributed by atoms with Crippen LogP contribution in [-0.4, -0.2) is 126 Å². The number of methoxy groups -OCH3 is 1. The summed E-state index contributed by atoms with van der Waals surface area (Å²) in [6.07, 6.45) is 2.16. The lowest BCUT2D eigenvalue weighted by Crippen LogP contribution is -2.46. The second-order valence-corrected chi connectivity index (χ2v) is 14.1. The minimum atomic E-state index is -0.797. The molecule has 316 valence electrons. The molecule has 17 nitrogen and oxygen atoms in total. The van der Waals surface area contributed by atoms with Gasteiger partial charge in [-0.15, -0.1) is 0 Å². The minimum Gasteiger partial charge on any atom is -0.469 e. The van der Waals surface area contributed by atoms with E-state index < -0.39 is 18.0 Å². The Morgan fingerprint density at radius 1 is 0.875 bits per heavy atom. The maximum atomic E-state index is 13.4. The quantitative estimate of drug-likeness (QED) is 0.0604. The van der Waals surface area contributed by atoms with Gasteiger partial charge in [0.2, 0.25) is 17.7 Å². The average Bonchev–Trinajstić information content (AvgIpc) is 3.17. The van der Waals surface area contributed by atoms with Crippen LogP contribution in [0.5, 0.6) is 0 Å². The van der Waals surface area contributed by atoms with E-state index >= 15 is 0 Å². The van der Waals surface area contributed by atoms with Crippen LogP contribution in [0.3, 0.4) is 0 Å². The van der Waals surface area contributed by atoms with Gasteiger partial charge < -0.3 is 56.0 Å². The van der Waals surface area contributed by atoms with E-state index in [1.807, 2.05) is 20.8 Å². The van der Waals surface area contributed by atoms with Gasteiger partial charge in [-0.3, -0.25) is 24.0 Å². The standard InChI is InChI=1S/C39H64N6O11/c1-27(2)36(33(46)25-30(6-5-14-42-39(41)51)37(49)43-32-9-7-29(26-40)8-10-32)44-34(47)12-16-53-18-20-55-22-23-56-21-19-54-17-13-35(48)45-15-11-31(24-28(45)3)38(50)52-4/h7-10,27-28,30-31,36H,5-6,11-26,40H2,1-4H3,(H,43,49)(H,44,47)(H3,41,42,51)/t28?,30-,31?,36+/m1/s1. The predicted molar refractivity (Wildman–Crippen MR) is 208 cm³/mol. The van der Waals surface area contributed by atoms with Gasteiger partial charge in [0.15, 0.2) is 5.78 Å². The summed E-state index contributed by atoms with van der Waals surface area (Å²) in [5, 5.41) is 8.15. The fourth-order valence-corrected chi connectivity index (χ4v) is 6.24. The number of carbonyl (C=O) groups is 6. The van der Waals surface area contributed by atoms with E-state index in [9.17, 15) is 28.8 Å². The fraction of sp³-hybridized carbons (Fsp3) is 0.692. The Bertz CT molecular complexity index is 1360. The van der Waals surface area contributed by atoms with Gasteiger partial charge in [0.05, 0.1) is 78.3 Å². The maximum absolute atomic E-state index is 13.4.